The lowest BCUT2D eigenvalue weighted by molar-refractivity contribution is 0.0168. The molecular weight excluding hydrogens is 489 g/mol. The van der Waals surface area contributed by atoms with Crippen LogP contribution in [0.5, 0.6) is 0 Å². The van der Waals surface area contributed by atoms with Gasteiger partial charge in [-0.2, -0.15) is 0 Å². The maximum absolute atomic E-state index is 12.3. The number of guanidine groups is 1. The van der Waals surface area contributed by atoms with Crippen LogP contribution < -0.4 is 10.6 Å². The highest BCUT2D eigenvalue weighted by Gasteiger charge is 2.27. The summed E-state index contributed by atoms with van der Waals surface area (Å²) >= 11 is 1.71. The smallest absolute Gasteiger partial charge is 0.410 e. The topological polar surface area (TPSA) is 78.9 Å². The van der Waals surface area contributed by atoms with Crippen molar-refractivity contribution < 1.29 is 9.53 Å². The van der Waals surface area contributed by atoms with Crippen LogP contribution in [-0.4, -0.2) is 54.2 Å². The molecule has 2 heterocycles. The maximum Gasteiger partial charge on any atom is 0.410 e. The molecule has 1 fully saturated rings. The fraction of sp³-hybridized carbons (Fsp3) is 0.737. The van der Waals surface area contributed by atoms with Gasteiger partial charge < -0.3 is 20.3 Å². The predicted molar refractivity (Wildman–Crippen MR) is 126 cm³/mol. The van der Waals surface area contributed by atoms with E-state index < -0.39 is 5.60 Å². The number of halogens is 1. The zero-order chi connectivity index (χ0) is 20.0. The summed E-state index contributed by atoms with van der Waals surface area (Å²) < 4.78 is 5.50. The molecule has 1 amide bonds. The Balaban J connectivity index is 0.00000392. The van der Waals surface area contributed by atoms with Crippen molar-refractivity contribution >= 4 is 47.4 Å². The fourth-order valence-electron chi connectivity index (χ4n) is 2.96. The number of hydrogen-bond donors (Lipinski definition) is 2. The van der Waals surface area contributed by atoms with Gasteiger partial charge in [-0.15, -0.1) is 35.3 Å². The van der Waals surface area contributed by atoms with Crippen molar-refractivity contribution in [2.45, 2.75) is 59.6 Å². The van der Waals surface area contributed by atoms with Crippen LogP contribution in [0.3, 0.4) is 0 Å². The molecule has 1 unspecified atom stereocenters. The third-order valence-corrected chi connectivity index (χ3v) is 5.51. The van der Waals surface area contributed by atoms with Gasteiger partial charge >= 0.3 is 6.09 Å². The summed E-state index contributed by atoms with van der Waals surface area (Å²) in [5.74, 6) is 1.14. The first kappa shape index (κ1) is 24.9. The highest BCUT2D eigenvalue weighted by molar-refractivity contribution is 14.0. The highest BCUT2D eigenvalue weighted by atomic mass is 127. The summed E-state index contributed by atoms with van der Waals surface area (Å²) in [5.41, 5.74) is 0.630. The first-order chi connectivity index (χ1) is 12.7. The second-order valence-electron chi connectivity index (χ2n) is 7.99. The van der Waals surface area contributed by atoms with Crippen LogP contribution in [0.2, 0.25) is 0 Å². The van der Waals surface area contributed by atoms with Crippen molar-refractivity contribution in [2.75, 3.05) is 26.7 Å². The first-order valence-electron chi connectivity index (χ1n) is 9.53. The number of nitrogens with one attached hydrogen (secondary N) is 2. The number of thiazole rings is 1. The van der Waals surface area contributed by atoms with Crippen molar-refractivity contribution in [1.29, 1.82) is 0 Å². The number of carbonyl (C=O) groups excluding carboxylic acids is 1. The van der Waals surface area contributed by atoms with Gasteiger partial charge in [-0.3, -0.25) is 4.99 Å². The van der Waals surface area contributed by atoms with Crippen LogP contribution in [-0.2, 0) is 11.3 Å². The van der Waals surface area contributed by atoms with Gasteiger partial charge in [0.1, 0.15) is 10.6 Å². The zero-order valence-corrected chi connectivity index (χ0v) is 20.9. The van der Waals surface area contributed by atoms with Gasteiger partial charge in [0.25, 0.3) is 0 Å². The highest BCUT2D eigenvalue weighted by Crippen LogP contribution is 2.19. The number of amides is 1. The van der Waals surface area contributed by atoms with Gasteiger partial charge in [-0.1, -0.05) is 0 Å². The molecule has 1 saturated heterocycles. The molecule has 0 bridgehead atoms. The second-order valence-corrected chi connectivity index (χ2v) is 9.28. The predicted octanol–water partition coefficient (Wildman–Crippen LogP) is 3.69. The number of piperidine rings is 1. The number of ether oxygens (including phenoxy) is 1. The Morgan fingerprint density at radius 1 is 1.36 bits per heavy atom. The number of aromatic nitrogens is 1. The Kier molecular flexibility index (Phi) is 9.96. The summed E-state index contributed by atoms with van der Waals surface area (Å²) in [6.07, 6.45) is 1.87. The van der Waals surface area contributed by atoms with Crippen LogP contribution in [0.1, 0.15) is 49.2 Å². The maximum atomic E-state index is 12.3. The summed E-state index contributed by atoms with van der Waals surface area (Å²) in [7, 11) is 1.77. The molecule has 1 aliphatic heterocycles. The minimum absolute atomic E-state index is 0. The van der Waals surface area contributed by atoms with Crippen LogP contribution in [0.25, 0.3) is 0 Å². The first-order valence-corrected chi connectivity index (χ1v) is 10.3. The molecule has 2 N–H and O–H groups in total. The molecule has 1 aromatic rings. The number of nitrogens with zero attached hydrogens (tertiary/aromatic N) is 3. The number of rotatable bonds is 4. The third kappa shape index (κ3) is 8.10. The Hall–Kier alpha value is -1.10. The minimum Gasteiger partial charge on any atom is -0.444 e. The van der Waals surface area contributed by atoms with Crippen LogP contribution in [0.4, 0.5) is 4.79 Å². The van der Waals surface area contributed by atoms with Crippen LogP contribution in [0.15, 0.2) is 4.99 Å². The molecule has 1 aromatic heterocycles. The number of carbonyl (C=O) groups is 1. The number of aryl methyl sites for hydroxylation is 2. The number of aliphatic imine (C=N–C) groups is 1. The van der Waals surface area contributed by atoms with E-state index in [0.717, 1.165) is 42.6 Å². The summed E-state index contributed by atoms with van der Waals surface area (Å²) in [4.78, 5) is 24.2. The Morgan fingerprint density at radius 2 is 2.07 bits per heavy atom. The molecule has 0 saturated carbocycles. The minimum atomic E-state index is -0.458. The molecule has 0 aromatic carbocycles. The van der Waals surface area contributed by atoms with E-state index in [4.69, 9.17) is 4.74 Å². The Labute approximate surface area is 189 Å². The Bertz CT molecular complexity index is 652. The molecule has 1 aliphatic rings. The van der Waals surface area contributed by atoms with E-state index in [-0.39, 0.29) is 30.1 Å². The van der Waals surface area contributed by atoms with Crippen molar-refractivity contribution in [3.63, 3.8) is 0 Å². The molecule has 0 spiro atoms. The normalized spacial score (nSPS) is 17.7. The molecule has 1 atom stereocenters. The lowest BCUT2D eigenvalue weighted by atomic mass is 9.98. The summed E-state index contributed by atoms with van der Waals surface area (Å²) in [5, 5.41) is 7.75. The lowest BCUT2D eigenvalue weighted by Crippen LogP contribution is -2.47. The fourth-order valence-corrected chi connectivity index (χ4v) is 3.83. The molecular formula is C19H34IN5O2S. The van der Waals surface area contributed by atoms with Crippen molar-refractivity contribution in [3.05, 3.63) is 15.6 Å². The van der Waals surface area contributed by atoms with E-state index in [9.17, 15) is 4.79 Å². The van der Waals surface area contributed by atoms with Crippen LogP contribution >= 0.6 is 35.3 Å². The summed E-state index contributed by atoms with van der Waals surface area (Å²) in [6, 6.07) is 0. The van der Waals surface area contributed by atoms with E-state index in [0.29, 0.717) is 19.0 Å². The van der Waals surface area contributed by atoms with Crippen LogP contribution in [0, 0.1) is 19.8 Å². The molecule has 2 rings (SSSR count). The molecule has 0 radical (unpaired) electrons. The van der Waals surface area contributed by atoms with Gasteiger partial charge in [0.15, 0.2) is 5.96 Å². The van der Waals surface area contributed by atoms with E-state index in [1.807, 2.05) is 32.6 Å². The molecule has 160 valence electrons. The molecule has 0 aliphatic carbocycles. The average Bonchev–Trinajstić information content (AvgIpc) is 2.92. The van der Waals surface area contributed by atoms with Gasteiger partial charge in [0.05, 0.1) is 12.2 Å². The van der Waals surface area contributed by atoms with E-state index >= 15 is 0 Å². The molecule has 28 heavy (non-hydrogen) atoms. The second kappa shape index (κ2) is 11.2. The van der Waals surface area contributed by atoms with Gasteiger partial charge in [-0.05, 0) is 53.4 Å². The lowest BCUT2D eigenvalue weighted by Gasteiger charge is -2.34. The van der Waals surface area contributed by atoms with Gasteiger partial charge in [-0.25, -0.2) is 9.78 Å². The quantitative estimate of drug-likeness (QED) is 0.358. The zero-order valence-electron chi connectivity index (χ0n) is 17.8. The van der Waals surface area contributed by atoms with E-state index in [1.165, 1.54) is 4.88 Å². The monoisotopic (exact) mass is 523 g/mol. The Morgan fingerprint density at radius 3 is 2.64 bits per heavy atom. The van der Waals surface area contributed by atoms with Crippen molar-refractivity contribution in [2.24, 2.45) is 10.9 Å². The number of likely N-dealkylation sites (tertiary alicyclic amines) is 1. The van der Waals surface area contributed by atoms with E-state index in [1.54, 1.807) is 18.4 Å². The largest absolute Gasteiger partial charge is 0.444 e. The van der Waals surface area contributed by atoms with E-state index in [2.05, 4.69) is 27.5 Å². The molecule has 9 heteroatoms. The molecule has 7 nitrogen and oxygen atoms in total. The average molecular weight is 523 g/mol. The standard InChI is InChI=1S/C19H33N5O2S.HI/c1-13-14(2)27-16(23-13)11-22-17(20-6)21-10-15-8-7-9-24(12-15)18(25)26-19(3,4)5;/h15H,7-12H2,1-6H3,(H2,20,21,22);1H. The van der Waals surface area contributed by atoms with Gasteiger partial charge in [0.2, 0.25) is 0 Å². The third-order valence-electron chi connectivity index (χ3n) is 4.43. The van der Waals surface area contributed by atoms with Gasteiger partial charge in [0, 0.05) is 31.6 Å². The number of hydrogen-bond acceptors (Lipinski definition) is 5. The summed E-state index contributed by atoms with van der Waals surface area (Å²) in [6.45, 7) is 12.7. The SMILES string of the molecule is CN=C(NCc1nc(C)c(C)s1)NCC1CCCN(C(=O)OC(C)(C)C)C1.I. The van der Waals surface area contributed by atoms with Crippen molar-refractivity contribution in [3.8, 4) is 0 Å². The van der Waals surface area contributed by atoms with Crippen molar-refractivity contribution in [1.82, 2.24) is 20.5 Å².